The van der Waals surface area contributed by atoms with Crippen LogP contribution in [0, 0.1) is 0 Å². The predicted molar refractivity (Wildman–Crippen MR) is 91.9 cm³/mol. The number of alkyl halides is 3. The number of anilines is 1. The molecule has 0 amide bonds. The van der Waals surface area contributed by atoms with Gasteiger partial charge in [-0.05, 0) is 19.1 Å². The number of piperazine rings is 1. The van der Waals surface area contributed by atoms with Gasteiger partial charge in [0.05, 0.1) is 11.0 Å². The minimum atomic E-state index is -4.47. The molecule has 0 unspecified atom stereocenters. The van der Waals surface area contributed by atoms with Gasteiger partial charge in [-0.2, -0.15) is 13.2 Å². The fourth-order valence-corrected chi connectivity index (χ4v) is 3.95. The van der Waals surface area contributed by atoms with Crippen molar-refractivity contribution in [1.82, 2.24) is 20.3 Å². The molecule has 5 nitrogen and oxygen atoms in total. The van der Waals surface area contributed by atoms with Gasteiger partial charge in [0.2, 0.25) is 5.01 Å². The van der Waals surface area contributed by atoms with Crippen molar-refractivity contribution in [2.45, 2.75) is 19.1 Å². The molecule has 4 rings (SSSR count). The standard InChI is InChI=1S/C16H16F3N5S/c1-9-8-24(7-6-20-9)14-12(23-15(25-14)16(17,18)19)13-21-10-4-2-3-5-11(10)22-13/h2-5,9,20H,6-8H2,1H3,(H,21,22)/t9-/m1/s1. The summed E-state index contributed by atoms with van der Waals surface area (Å²) in [6, 6.07) is 7.56. The molecule has 3 heterocycles. The maximum absolute atomic E-state index is 13.2. The summed E-state index contributed by atoms with van der Waals surface area (Å²) in [4.78, 5) is 13.4. The Kier molecular flexibility index (Phi) is 3.92. The number of hydrogen-bond donors (Lipinski definition) is 2. The monoisotopic (exact) mass is 367 g/mol. The van der Waals surface area contributed by atoms with E-state index in [1.807, 2.05) is 36.1 Å². The van der Waals surface area contributed by atoms with Gasteiger partial charge in [-0.3, -0.25) is 0 Å². The van der Waals surface area contributed by atoms with Crippen molar-refractivity contribution in [1.29, 1.82) is 0 Å². The summed E-state index contributed by atoms with van der Waals surface area (Å²) in [7, 11) is 0. The Labute approximate surface area is 145 Å². The van der Waals surface area contributed by atoms with Crippen LogP contribution >= 0.6 is 11.3 Å². The van der Waals surface area contributed by atoms with Crippen LogP contribution in [0.5, 0.6) is 0 Å². The van der Waals surface area contributed by atoms with Gasteiger partial charge in [0.15, 0.2) is 5.82 Å². The molecule has 1 aromatic carbocycles. The summed E-state index contributed by atoms with van der Waals surface area (Å²) < 4.78 is 39.7. The SMILES string of the molecule is C[C@@H]1CN(c2sc(C(F)(F)F)nc2-c2nc3ccccc3[nH]2)CCN1. The molecule has 0 aliphatic carbocycles. The van der Waals surface area contributed by atoms with E-state index in [0.717, 1.165) is 12.1 Å². The largest absolute Gasteiger partial charge is 0.443 e. The van der Waals surface area contributed by atoms with E-state index < -0.39 is 11.2 Å². The number of rotatable bonds is 2. The maximum atomic E-state index is 13.2. The average molecular weight is 367 g/mol. The molecule has 1 atom stereocenters. The van der Waals surface area contributed by atoms with E-state index in [4.69, 9.17) is 0 Å². The highest BCUT2D eigenvalue weighted by Crippen LogP contribution is 2.42. The number of aromatic nitrogens is 3. The number of nitrogens with one attached hydrogen (secondary N) is 2. The van der Waals surface area contributed by atoms with Gasteiger partial charge in [0.1, 0.15) is 10.7 Å². The van der Waals surface area contributed by atoms with Crippen LogP contribution in [0.1, 0.15) is 11.9 Å². The highest BCUT2D eigenvalue weighted by molar-refractivity contribution is 7.16. The van der Waals surface area contributed by atoms with E-state index in [-0.39, 0.29) is 11.7 Å². The Morgan fingerprint density at radius 3 is 2.76 bits per heavy atom. The quantitative estimate of drug-likeness (QED) is 0.728. The van der Waals surface area contributed by atoms with Crippen LogP contribution in [0.2, 0.25) is 0 Å². The normalized spacial score (nSPS) is 18.9. The molecule has 25 heavy (non-hydrogen) atoms. The van der Waals surface area contributed by atoms with Crippen molar-refractivity contribution in [2.75, 3.05) is 24.5 Å². The molecule has 9 heteroatoms. The summed E-state index contributed by atoms with van der Waals surface area (Å²) in [6.45, 7) is 4.00. The number of hydrogen-bond acceptors (Lipinski definition) is 5. The lowest BCUT2D eigenvalue weighted by atomic mass is 10.2. The first kappa shape index (κ1) is 16.3. The summed E-state index contributed by atoms with van der Waals surface area (Å²) in [5.74, 6) is 0.370. The van der Waals surface area contributed by atoms with Gasteiger partial charge >= 0.3 is 6.18 Å². The minimum absolute atomic E-state index is 0.203. The maximum Gasteiger partial charge on any atom is 0.443 e. The molecule has 0 radical (unpaired) electrons. The van der Waals surface area contributed by atoms with E-state index in [2.05, 4.69) is 20.3 Å². The van der Waals surface area contributed by atoms with Crippen molar-refractivity contribution in [3.8, 4) is 11.5 Å². The Balaban J connectivity index is 1.83. The van der Waals surface area contributed by atoms with Crippen molar-refractivity contribution < 1.29 is 13.2 Å². The second kappa shape index (κ2) is 5.99. The fourth-order valence-electron chi connectivity index (χ4n) is 2.98. The van der Waals surface area contributed by atoms with Crippen LogP contribution in [0.3, 0.4) is 0 Å². The van der Waals surface area contributed by atoms with E-state index in [1.54, 1.807) is 0 Å². The molecule has 0 saturated carbocycles. The number of fused-ring (bicyclic) bond motifs is 1. The molecule has 0 spiro atoms. The molecule has 2 aromatic heterocycles. The first-order valence-electron chi connectivity index (χ1n) is 7.93. The molecule has 132 valence electrons. The lowest BCUT2D eigenvalue weighted by molar-refractivity contribution is -0.137. The lowest BCUT2D eigenvalue weighted by Crippen LogP contribution is -2.49. The zero-order valence-electron chi connectivity index (χ0n) is 13.4. The number of para-hydroxylation sites is 2. The van der Waals surface area contributed by atoms with Crippen LogP contribution in [0.4, 0.5) is 18.2 Å². The van der Waals surface area contributed by atoms with Gasteiger partial charge in [-0.1, -0.05) is 23.5 Å². The number of thiazole rings is 1. The average Bonchev–Trinajstić information content (AvgIpc) is 3.18. The third-order valence-electron chi connectivity index (χ3n) is 4.12. The van der Waals surface area contributed by atoms with Crippen LogP contribution in [0.15, 0.2) is 24.3 Å². The fraction of sp³-hybridized carbons (Fsp3) is 0.375. The van der Waals surface area contributed by atoms with Crippen LogP contribution in [-0.4, -0.2) is 40.6 Å². The lowest BCUT2D eigenvalue weighted by Gasteiger charge is -2.32. The van der Waals surface area contributed by atoms with Gasteiger partial charge in [0, 0.05) is 25.7 Å². The van der Waals surface area contributed by atoms with E-state index in [9.17, 15) is 13.2 Å². The first-order chi connectivity index (χ1) is 11.9. The van der Waals surface area contributed by atoms with Gasteiger partial charge < -0.3 is 15.2 Å². The highest BCUT2D eigenvalue weighted by atomic mass is 32.1. The number of benzene rings is 1. The number of imidazole rings is 1. The zero-order chi connectivity index (χ0) is 17.6. The number of nitrogens with zero attached hydrogens (tertiary/aromatic N) is 3. The van der Waals surface area contributed by atoms with Crippen molar-refractivity contribution in [2.24, 2.45) is 0 Å². The molecule has 1 aliphatic heterocycles. The highest BCUT2D eigenvalue weighted by Gasteiger charge is 2.38. The Morgan fingerprint density at radius 1 is 1.24 bits per heavy atom. The molecule has 1 fully saturated rings. The molecule has 0 bridgehead atoms. The molecular weight excluding hydrogens is 351 g/mol. The van der Waals surface area contributed by atoms with Gasteiger partial charge in [0.25, 0.3) is 0 Å². The Morgan fingerprint density at radius 2 is 2.04 bits per heavy atom. The third-order valence-corrected chi connectivity index (χ3v) is 5.28. The molecule has 3 aromatic rings. The summed E-state index contributed by atoms with van der Waals surface area (Å²) in [6.07, 6.45) is -4.47. The molecule has 1 aliphatic rings. The summed E-state index contributed by atoms with van der Waals surface area (Å²) >= 11 is 0.682. The smallest absolute Gasteiger partial charge is 0.359 e. The first-order valence-corrected chi connectivity index (χ1v) is 8.75. The van der Waals surface area contributed by atoms with Crippen molar-refractivity contribution >= 4 is 27.4 Å². The van der Waals surface area contributed by atoms with Crippen LogP contribution < -0.4 is 10.2 Å². The van der Waals surface area contributed by atoms with Gasteiger partial charge in [-0.25, -0.2) is 9.97 Å². The van der Waals surface area contributed by atoms with Crippen molar-refractivity contribution in [3.05, 3.63) is 29.3 Å². The Hall–Kier alpha value is -2.13. The molecule has 1 saturated heterocycles. The summed E-state index contributed by atoms with van der Waals surface area (Å²) in [5.41, 5.74) is 1.75. The van der Waals surface area contributed by atoms with Gasteiger partial charge in [-0.15, -0.1) is 0 Å². The van der Waals surface area contributed by atoms with E-state index >= 15 is 0 Å². The zero-order valence-corrected chi connectivity index (χ0v) is 14.2. The van der Waals surface area contributed by atoms with E-state index in [1.165, 1.54) is 0 Å². The summed E-state index contributed by atoms with van der Waals surface area (Å²) in [5, 5.41) is 2.97. The predicted octanol–water partition coefficient (Wildman–Crippen LogP) is 3.50. The van der Waals surface area contributed by atoms with E-state index in [0.29, 0.717) is 40.8 Å². The molecular formula is C16H16F3N5S. The molecule has 2 N–H and O–H groups in total. The number of aromatic amines is 1. The number of H-pyrrole nitrogens is 1. The topological polar surface area (TPSA) is 56.8 Å². The second-order valence-corrected chi connectivity index (χ2v) is 7.05. The van der Waals surface area contributed by atoms with Crippen molar-refractivity contribution in [3.63, 3.8) is 0 Å². The Bertz CT molecular complexity index is 868. The van der Waals surface area contributed by atoms with Crippen LogP contribution in [0.25, 0.3) is 22.6 Å². The van der Waals surface area contributed by atoms with Crippen LogP contribution in [-0.2, 0) is 6.18 Å². The second-order valence-electron chi connectivity index (χ2n) is 6.07. The minimum Gasteiger partial charge on any atom is -0.359 e. The number of halogens is 3. The third kappa shape index (κ3) is 3.09.